The monoisotopic (exact) mass is 654 g/mol. The highest BCUT2D eigenvalue weighted by Crippen LogP contribution is 2.37. The quantitative estimate of drug-likeness (QED) is 0.113. The van der Waals surface area contributed by atoms with Gasteiger partial charge in [-0.2, -0.15) is 0 Å². The molecule has 0 saturated carbocycles. The number of aromatic nitrogens is 2. The summed E-state index contributed by atoms with van der Waals surface area (Å²) in [5.41, 5.74) is 2.11. The molecule has 36 heavy (non-hydrogen) atoms. The molecule has 184 valence electrons. The van der Waals surface area contributed by atoms with E-state index in [4.69, 9.17) is 37.1 Å². The fraction of sp³-hybridized carbons (Fsp3) is 0.0800. The van der Waals surface area contributed by atoms with Crippen LogP contribution in [0.5, 0.6) is 11.5 Å². The molecular formula is C25H17Cl2IN2O5S. The highest BCUT2D eigenvalue weighted by molar-refractivity contribution is 14.1. The van der Waals surface area contributed by atoms with Crippen LogP contribution in [0.3, 0.4) is 0 Å². The number of rotatable bonds is 9. The molecule has 0 unspecified atom stereocenters. The van der Waals surface area contributed by atoms with E-state index in [1.165, 1.54) is 13.2 Å². The van der Waals surface area contributed by atoms with E-state index in [0.717, 1.165) is 20.9 Å². The van der Waals surface area contributed by atoms with Crippen molar-refractivity contribution in [2.24, 2.45) is 0 Å². The molecule has 11 heteroatoms. The van der Waals surface area contributed by atoms with Crippen LogP contribution < -0.4 is 9.47 Å². The Balaban J connectivity index is 1.56. The van der Waals surface area contributed by atoms with Gasteiger partial charge in [0.25, 0.3) is 5.22 Å². The van der Waals surface area contributed by atoms with Crippen molar-refractivity contribution in [3.05, 3.63) is 90.3 Å². The van der Waals surface area contributed by atoms with E-state index in [9.17, 15) is 9.90 Å². The summed E-state index contributed by atoms with van der Waals surface area (Å²) in [6, 6.07) is 17.8. The van der Waals surface area contributed by atoms with Crippen molar-refractivity contribution in [3.63, 3.8) is 0 Å². The molecule has 0 amide bonds. The second-order valence-corrected chi connectivity index (χ2v) is 10.2. The highest BCUT2D eigenvalue weighted by atomic mass is 127. The van der Waals surface area contributed by atoms with Gasteiger partial charge < -0.3 is 19.0 Å². The maximum Gasteiger partial charge on any atom is 0.342 e. The zero-order chi connectivity index (χ0) is 25.7. The second kappa shape index (κ2) is 12.0. The molecule has 7 nitrogen and oxygen atoms in total. The van der Waals surface area contributed by atoms with Crippen molar-refractivity contribution in [1.82, 2.24) is 10.2 Å². The van der Waals surface area contributed by atoms with Crippen LogP contribution in [0.25, 0.3) is 17.5 Å². The minimum Gasteiger partial charge on any atom is -0.493 e. The summed E-state index contributed by atoms with van der Waals surface area (Å²) in [4.78, 5) is 11.9. The molecule has 1 N–H and O–H groups in total. The van der Waals surface area contributed by atoms with Gasteiger partial charge in [0.2, 0.25) is 5.89 Å². The zero-order valence-electron chi connectivity index (χ0n) is 18.6. The molecule has 0 fully saturated rings. The second-order valence-electron chi connectivity index (χ2n) is 7.21. The third-order valence-corrected chi connectivity index (χ3v) is 7.06. The molecule has 0 bridgehead atoms. The average Bonchev–Trinajstić information content (AvgIpc) is 3.32. The molecule has 0 aliphatic carbocycles. The van der Waals surface area contributed by atoms with E-state index in [2.05, 4.69) is 32.8 Å². The van der Waals surface area contributed by atoms with E-state index in [-0.39, 0.29) is 22.6 Å². The Labute approximate surface area is 234 Å². The first-order chi connectivity index (χ1) is 17.3. The van der Waals surface area contributed by atoms with Crippen molar-refractivity contribution in [3.8, 4) is 23.0 Å². The van der Waals surface area contributed by atoms with Crippen molar-refractivity contribution >= 4 is 69.6 Å². The van der Waals surface area contributed by atoms with Gasteiger partial charge in [-0.3, -0.25) is 0 Å². The van der Waals surface area contributed by atoms with Crippen molar-refractivity contribution < 1.29 is 23.8 Å². The van der Waals surface area contributed by atoms with E-state index in [1.54, 1.807) is 42.5 Å². The number of carboxylic acid groups (broad SMARTS) is 1. The number of carboxylic acids is 1. The Morgan fingerprint density at radius 3 is 2.58 bits per heavy atom. The fourth-order valence-corrected chi connectivity index (χ4v) is 4.84. The molecule has 0 atom stereocenters. The lowest BCUT2D eigenvalue weighted by molar-refractivity contribution is -0.131. The van der Waals surface area contributed by atoms with Crippen LogP contribution in [0.2, 0.25) is 10.0 Å². The maximum absolute atomic E-state index is 12.0. The number of benzene rings is 3. The minimum atomic E-state index is -1.14. The first-order valence-corrected chi connectivity index (χ1v) is 12.9. The number of carbonyl (C=O) groups is 1. The molecule has 1 heterocycles. The lowest BCUT2D eigenvalue weighted by Gasteiger charge is -2.14. The number of halogens is 3. The first-order valence-electron chi connectivity index (χ1n) is 10.3. The molecule has 4 rings (SSSR count). The van der Waals surface area contributed by atoms with Gasteiger partial charge in [0.1, 0.15) is 11.5 Å². The predicted octanol–water partition coefficient (Wildman–Crippen LogP) is 7.45. The Hall–Kier alpha value is -2.73. The Kier molecular flexibility index (Phi) is 8.78. The van der Waals surface area contributed by atoms with Crippen LogP contribution in [0.4, 0.5) is 0 Å². The van der Waals surface area contributed by atoms with Crippen LogP contribution in [0, 0.1) is 3.57 Å². The predicted molar refractivity (Wildman–Crippen MR) is 148 cm³/mol. The molecular weight excluding hydrogens is 638 g/mol. The van der Waals surface area contributed by atoms with Gasteiger partial charge in [-0.05, 0) is 88.5 Å². The van der Waals surface area contributed by atoms with E-state index < -0.39 is 5.97 Å². The third-order valence-electron chi connectivity index (χ3n) is 4.79. The molecule has 4 aromatic rings. The molecule has 0 radical (unpaired) electrons. The summed E-state index contributed by atoms with van der Waals surface area (Å²) in [6.07, 6.45) is 1.50. The fourth-order valence-electron chi connectivity index (χ4n) is 3.07. The average molecular weight is 655 g/mol. The van der Waals surface area contributed by atoms with E-state index in [1.807, 2.05) is 18.2 Å². The van der Waals surface area contributed by atoms with Gasteiger partial charge in [0, 0.05) is 21.2 Å². The maximum atomic E-state index is 12.0. The number of ether oxygens (including phenoxy) is 2. The summed E-state index contributed by atoms with van der Waals surface area (Å²) in [7, 11) is 1.52. The van der Waals surface area contributed by atoms with E-state index in [0.29, 0.717) is 32.7 Å². The number of methoxy groups -OCH3 is 1. The SMILES string of the molecule is COc1cc(/C=C(\Sc2nnc(-c3ccc(Cl)cc3)o2)C(=O)O)cc(I)c1OCc1ccccc1Cl. The third kappa shape index (κ3) is 6.52. The molecule has 1 aromatic heterocycles. The number of thioether (sulfide) groups is 1. The summed E-state index contributed by atoms with van der Waals surface area (Å²) in [5.74, 6) is 0.108. The van der Waals surface area contributed by atoms with Crippen LogP contribution in [-0.4, -0.2) is 28.4 Å². The number of hydrogen-bond acceptors (Lipinski definition) is 7. The zero-order valence-corrected chi connectivity index (χ0v) is 23.1. The van der Waals surface area contributed by atoms with Gasteiger partial charge in [-0.1, -0.05) is 41.4 Å². The first kappa shape index (κ1) is 26.3. The molecule has 3 aromatic carbocycles. The Morgan fingerprint density at radius 2 is 1.89 bits per heavy atom. The standard InChI is InChI=1S/C25H17Cl2IN2O5S/c1-33-20-11-14(10-19(28)22(20)34-13-16-4-2-3-5-18(16)27)12-21(24(31)32)36-25-30-29-23(35-25)15-6-8-17(26)9-7-15/h2-12H,13H2,1H3,(H,31,32)/b21-12-. The Bertz CT molecular complexity index is 1430. The summed E-state index contributed by atoms with van der Waals surface area (Å²) in [5, 5.41) is 19.0. The van der Waals surface area contributed by atoms with Crippen LogP contribution in [-0.2, 0) is 11.4 Å². The number of aliphatic carboxylic acids is 1. The van der Waals surface area contributed by atoms with Gasteiger partial charge >= 0.3 is 5.97 Å². The molecule has 0 spiro atoms. The number of hydrogen-bond donors (Lipinski definition) is 1. The summed E-state index contributed by atoms with van der Waals surface area (Å²) < 4.78 is 17.9. The molecule has 0 saturated heterocycles. The largest absolute Gasteiger partial charge is 0.493 e. The van der Waals surface area contributed by atoms with Crippen molar-refractivity contribution in [1.29, 1.82) is 0 Å². The lowest BCUT2D eigenvalue weighted by atomic mass is 10.2. The summed E-state index contributed by atoms with van der Waals surface area (Å²) >= 11 is 15.1. The molecule has 0 aliphatic rings. The van der Waals surface area contributed by atoms with E-state index >= 15 is 0 Å². The molecule has 0 aliphatic heterocycles. The van der Waals surface area contributed by atoms with Crippen LogP contribution >= 0.6 is 57.6 Å². The van der Waals surface area contributed by atoms with Crippen LogP contribution in [0.15, 0.2) is 75.2 Å². The minimum absolute atomic E-state index is 0.0103. The van der Waals surface area contributed by atoms with Crippen LogP contribution in [0.1, 0.15) is 11.1 Å². The van der Waals surface area contributed by atoms with Gasteiger partial charge in [-0.25, -0.2) is 4.79 Å². The van der Waals surface area contributed by atoms with Gasteiger partial charge in [0.15, 0.2) is 11.5 Å². The van der Waals surface area contributed by atoms with Gasteiger partial charge in [-0.15, -0.1) is 10.2 Å². The highest BCUT2D eigenvalue weighted by Gasteiger charge is 2.18. The summed E-state index contributed by atoms with van der Waals surface area (Å²) in [6.45, 7) is 0.255. The normalized spacial score (nSPS) is 11.4. The lowest BCUT2D eigenvalue weighted by Crippen LogP contribution is -2.01. The van der Waals surface area contributed by atoms with Crippen molar-refractivity contribution in [2.75, 3.05) is 7.11 Å². The van der Waals surface area contributed by atoms with Gasteiger partial charge in [0.05, 0.1) is 10.7 Å². The topological polar surface area (TPSA) is 94.7 Å². The van der Waals surface area contributed by atoms with Crippen molar-refractivity contribution in [2.45, 2.75) is 11.8 Å². The smallest absolute Gasteiger partial charge is 0.342 e. The number of nitrogens with zero attached hydrogens (tertiary/aromatic N) is 2. The Morgan fingerprint density at radius 1 is 1.14 bits per heavy atom.